The molecule has 0 atom stereocenters. The molecule has 8 heteroatoms. The zero-order valence-corrected chi connectivity index (χ0v) is 10.1. The molecule has 0 amide bonds. The summed E-state index contributed by atoms with van der Waals surface area (Å²) in [7, 11) is 0. The van der Waals surface area contributed by atoms with Crippen molar-refractivity contribution >= 4 is 22.5 Å². The fraction of sp³-hybridized carbons (Fsp3) is 0.875. The van der Waals surface area contributed by atoms with Gasteiger partial charge in [0.05, 0.1) is 11.1 Å². The van der Waals surface area contributed by atoms with Gasteiger partial charge in [0.25, 0.3) is 5.92 Å². The van der Waals surface area contributed by atoms with Crippen molar-refractivity contribution < 1.29 is 35.8 Å². The van der Waals surface area contributed by atoms with Crippen molar-refractivity contribution in [3.05, 3.63) is 0 Å². The summed E-state index contributed by atoms with van der Waals surface area (Å²) < 4.78 is 26.5. The SMILES string of the molecule is CC1(C)C(F)(F)CCC(=N)C1(O)O.[B].[B].[Co]. The molecule has 0 bridgehead atoms. The van der Waals surface area contributed by atoms with E-state index in [9.17, 15) is 19.0 Å². The number of rotatable bonds is 0. The van der Waals surface area contributed by atoms with E-state index in [2.05, 4.69) is 0 Å². The fourth-order valence-electron chi connectivity index (χ4n) is 1.40. The molecule has 1 aliphatic rings. The van der Waals surface area contributed by atoms with Gasteiger partial charge in [-0.25, -0.2) is 8.78 Å². The standard InChI is InChI=1S/C8H13F2NO2.2B.Co/c1-6(2)7(9,10)4-3-5(11)8(6,12)13;;;/h11-13H,3-4H2,1-2H3;;;. The Balaban J connectivity index is -0.000000563. The monoisotopic (exact) mass is 274 g/mol. The zero-order chi connectivity index (χ0) is 10.5. The van der Waals surface area contributed by atoms with Crippen LogP contribution >= 0.6 is 0 Å². The Morgan fingerprint density at radius 1 is 1.19 bits per heavy atom. The van der Waals surface area contributed by atoms with E-state index in [0.29, 0.717) is 0 Å². The number of aliphatic hydroxyl groups is 2. The molecule has 0 aromatic heterocycles. The third-order valence-electron chi connectivity index (χ3n) is 2.90. The molecular formula is C8H13B2CoF2NO2. The van der Waals surface area contributed by atoms with Gasteiger partial charge in [-0.15, -0.1) is 0 Å². The molecule has 0 saturated heterocycles. The van der Waals surface area contributed by atoms with Crippen LogP contribution in [0.15, 0.2) is 0 Å². The summed E-state index contributed by atoms with van der Waals surface area (Å²) >= 11 is 0. The van der Waals surface area contributed by atoms with Gasteiger partial charge >= 0.3 is 0 Å². The molecule has 3 N–H and O–H groups in total. The Labute approximate surface area is 108 Å². The molecule has 1 saturated carbocycles. The smallest absolute Gasteiger partial charge is 0.259 e. The quantitative estimate of drug-likeness (QED) is 0.441. The van der Waals surface area contributed by atoms with Gasteiger partial charge in [-0.2, -0.15) is 0 Å². The van der Waals surface area contributed by atoms with Crippen molar-refractivity contribution in [2.75, 3.05) is 0 Å². The van der Waals surface area contributed by atoms with Crippen molar-refractivity contribution in [3.63, 3.8) is 0 Å². The van der Waals surface area contributed by atoms with Crippen LogP contribution in [0.5, 0.6) is 0 Å². The van der Waals surface area contributed by atoms with Crippen LogP contribution in [0.2, 0.25) is 0 Å². The molecule has 91 valence electrons. The third kappa shape index (κ3) is 2.67. The normalized spacial score (nSPS) is 24.5. The van der Waals surface area contributed by atoms with E-state index in [0.717, 1.165) is 13.8 Å². The average Bonchev–Trinajstić information content (AvgIpc) is 1.97. The molecule has 1 fully saturated rings. The van der Waals surface area contributed by atoms with Crippen LogP contribution in [0.1, 0.15) is 26.7 Å². The van der Waals surface area contributed by atoms with Crippen LogP contribution in [0.3, 0.4) is 0 Å². The number of nitrogens with one attached hydrogen (secondary N) is 1. The number of hydrogen-bond donors (Lipinski definition) is 3. The van der Waals surface area contributed by atoms with Crippen LogP contribution < -0.4 is 0 Å². The van der Waals surface area contributed by atoms with Gasteiger partial charge in [-0.05, 0) is 20.3 Å². The summed E-state index contributed by atoms with van der Waals surface area (Å²) in [5, 5.41) is 25.9. The number of hydrogen-bond acceptors (Lipinski definition) is 3. The van der Waals surface area contributed by atoms with Gasteiger partial charge in [0, 0.05) is 40.0 Å². The Morgan fingerprint density at radius 3 is 1.88 bits per heavy atom. The first-order valence-corrected chi connectivity index (χ1v) is 4.03. The average molecular weight is 274 g/mol. The molecule has 0 aromatic carbocycles. The summed E-state index contributed by atoms with van der Waals surface area (Å²) in [6.07, 6.45) is -0.773. The molecule has 7 radical (unpaired) electrons. The maximum Gasteiger partial charge on any atom is 0.259 e. The van der Waals surface area contributed by atoms with Crippen LogP contribution in [-0.4, -0.2) is 44.5 Å². The molecule has 0 spiro atoms. The van der Waals surface area contributed by atoms with E-state index >= 15 is 0 Å². The topological polar surface area (TPSA) is 64.3 Å². The van der Waals surface area contributed by atoms with Crippen molar-refractivity contribution in [1.29, 1.82) is 5.41 Å². The minimum atomic E-state index is -3.15. The summed E-state index contributed by atoms with van der Waals surface area (Å²) in [6, 6.07) is 0. The van der Waals surface area contributed by atoms with Gasteiger partial charge in [0.2, 0.25) is 5.79 Å². The van der Waals surface area contributed by atoms with E-state index in [1.807, 2.05) is 0 Å². The molecule has 0 heterocycles. The van der Waals surface area contributed by atoms with Crippen molar-refractivity contribution in [3.8, 4) is 0 Å². The van der Waals surface area contributed by atoms with E-state index in [4.69, 9.17) is 5.41 Å². The molecule has 1 rings (SSSR count). The van der Waals surface area contributed by atoms with Crippen LogP contribution in [0.4, 0.5) is 8.78 Å². The predicted molar refractivity (Wildman–Crippen MR) is 54.4 cm³/mol. The summed E-state index contributed by atoms with van der Waals surface area (Å²) in [4.78, 5) is 0. The van der Waals surface area contributed by atoms with Crippen LogP contribution in [0, 0.1) is 10.8 Å². The van der Waals surface area contributed by atoms with Crippen molar-refractivity contribution in [2.24, 2.45) is 5.41 Å². The van der Waals surface area contributed by atoms with E-state index in [-0.39, 0.29) is 40.0 Å². The predicted octanol–water partition coefficient (Wildman–Crippen LogP) is 0.378. The summed E-state index contributed by atoms with van der Waals surface area (Å²) in [5.41, 5.74) is -2.45. The van der Waals surface area contributed by atoms with E-state index < -0.39 is 29.3 Å². The first-order valence-electron chi connectivity index (χ1n) is 4.03. The molecular weight excluding hydrogens is 261 g/mol. The first-order chi connectivity index (χ1) is 5.63. The largest absolute Gasteiger partial charge is 0.360 e. The van der Waals surface area contributed by atoms with E-state index in [1.165, 1.54) is 0 Å². The maximum absolute atomic E-state index is 13.2. The van der Waals surface area contributed by atoms with Gasteiger partial charge in [0.1, 0.15) is 0 Å². The Kier molecular flexibility index (Phi) is 7.50. The second-order valence-corrected chi connectivity index (χ2v) is 3.98. The minimum Gasteiger partial charge on any atom is -0.360 e. The minimum absolute atomic E-state index is 0. The maximum atomic E-state index is 13.2. The van der Waals surface area contributed by atoms with Gasteiger partial charge < -0.3 is 15.6 Å². The Bertz CT molecular complexity index is 262. The van der Waals surface area contributed by atoms with Crippen LogP contribution in [0.25, 0.3) is 0 Å². The fourth-order valence-corrected chi connectivity index (χ4v) is 1.40. The van der Waals surface area contributed by atoms with E-state index in [1.54, 1.807) is 0 Å². The Hall–Kier alpha value is 0.0864. The number of alkyl halides is 2. The molecule has 0 aromatic rings. The molecule has 1 aliphatic carbocycles. The Morgan fingerprint density at radius 2 is 1.56 bits per heavy atom. The molecule has 3 nitrogen and oxygen atoms in total. The first kappa shape index (κ1) is 21.4. The molecule has 16 heavy (non-hydrogen) atoms. The summed E-state index contributed by atoms with van der Waals surface area (Å²) in [6.45, 7) is 2.11. The van der Waals surface area contributed by atoms with Crippen molar-refractivity contribution in [1.82, 2.24) is 0 Å². The van der Waals surface area contributed by atoms with Gasteiger partial charge in [-0.3, -0.25) is 0 Å². The van der Waals surface area contributed by atoms with Crippen molar-refractivity contribution in [2.45, 2.75) is 38.4 Å². The molecule has 0 aliphatic heterocycles. The molecule has 0 unspecified atom stereocenters. The number of halogens is 2. The zero-order valence-electron chi connectivity index (χ0n) is 9.05. The second kappa shape index (κ2) is 5.62. The third-order valence-corrected chi connectivity index (χ3v) is 2.90. The van der Waals surface area contributed by atoms with Gasteiger partial charge in [0.15, 0.2) is 0 Å². The second-order valence-electron chi connectivity index (χ2n) is 3.98. The van der Waals surface area contributed by atoms with Gasteiger partial charge in [-0.1, -0.05) is 0 Å². The summed E-state index contributed by atoms with van der Waals surface area (Å²) in [5.74, 6) is -5.85. The van der Waals surface area contributed by atoms with Crippen LogP contribution in [-0.2, 0) is 16.8 Å².